The van der Waals surface area contributed by atoms with E-state index in [1.807, 2.05) is 6.20 Å². The van der Waals surface area contributed by atoms with E-state index < -0.39 is 0 Å². The third-order valence-electron chi connectivity index (χ3n) is 3.12. The van der Waals surface area contributed by atoms with Crippen molar-refractivity contribution < 1.29 is 5.11 Å². The molecular weight excluding hydrogens is 212 g/mol. The largest absolute Gasteiger partial charge is 0.396 e. The highest BCUT2D eigenvalue weighted by atomic mass is 16.3. The summed E-state index contributed by atoms with van der Waals surface area (Å²) in [5.74, 6) is 0.519. The fourth-order valence-corrected chi connectivity index (χ4v) is 2.08. The Morgan fingerprint density at radius 3 is 3.06 bits per heavy atom. The fraction of sp³-hybridized carbons (Fsp3) is 0.429. The van der Waals surface area contributed by atoms with Gasteiger partial charge in [0, 0.05) is 30.3 Å². The van der Waals surface area contributed by atoms with Gasteiger partial charge in [-0.05, 0) is 36.6 Å². The number of fused-ring (bicyclic) bond motifs is 1. The number of hydrogen-bond donors (Lipinski definition) is 3. The number of aromatic nitrogens is 1. The average Bonchev–Trinajstić information content (AvgIpc) is 2.78. The number of aromatic amines is 1. The Hall–Kier alpha value is -1.32. The molecule has 17 heavy (non-hydrogen) atoms. The van der Waals surface area contributed by atoms with Crippen molar-refractivity contribution >= 4 is 10.9 Å². The molecule has 0 aliphatic rings. The van der Waals surface area contributed by atoms with Crippen LogP contribution in [-0.2, 0) is 6.54 Å². The van der Waals surface area contributed by atoms with Gasteiger partial charge in [0.25, 0.3) is 0 Å². The van der Waals surface area contributed by atoms with E-state index in [-0.39, 0.29) is 6.61 Å². The first-order valence-electron chi connectivity index (χ1n) is 6.18. The summed E-state index contributed by atoms with van der Waals surface area (Å²) in [6, 6.07) is 8.43. The molecule has 1 atom stereocenters. The lowest BCUT2D eigenvalue weighted by atomic mass is 10.1. The minimum atomic E-state index is 0.274. The van der Waals surface area contributed by atoms with E-state index in [0.29, 0.717) is 5.92 Å². The van der Waals surface area contributed by atoms with Gasteiger partial charge in [-0.1, -0.05) is 19.1 Å². The third-order valence-corrected chi connectivity index (χ3v) is 3.12. The topological polar surface area (TPSA) is 48.0 Å². The van der Waals surface area contributed by atoms with Crippen molar-refractivity contribution in [2.45, 2.75) is 19.9 Å². The van der Waals surface area contributed by atoms with E-state index in [2.05, 4.69) is 41.5 Å². The normalized spacial score (nSPS) is 13.1. The predicted octanol–water partition coefficient (Wildman–Crippen LogP) is 2.28. The van der Waals surface area contributed by atoms with Crippen molar-refractivity contribution in [2.24, 2.45) is 5.92 Å². The van der Waals surface area contributed by atoms with Gasteiger partial charge in [-0.3, -0.25) is 0 Å². The Bertz CT molecular complexity index is 464. The Morgan fingerprint density at radius 1 is 1.35 bits per heavy atom. The second-order valence-corrected chi connectivity index (χ2v) is 4.60. The summed E-state index contributed by atoms with van der Waals surface area (Å²) in [7, 11) is 0. The first-order valence-corrected chi connectivity index (χ1v) is 6.18. The quantitative estimate of drug-likeness (QED) is 0.715. The van der Waals surface area contributed by atoms with Gasteiger partial charge in [0.15, 0.2) is 0 Å². The van der Waals surface area contributed by atoms with Crippen LogP contribution >= 0.6 is 0 Å². The molecule has 0 saturated carbocycles. The predicted molar refractivity (Wildman–Crippen MR) is 70.9 cm³/mol. The molecular formula is C14H20N2O. The molecule has 0 fully saturated rings. The first kappa shape index (κ1) is 12.1. The summed E-state index contributed by atoms with van der Waals surface area (Å²) in [5.41, 5.74) is 2.51. The number of nitrogens with one attached hydrogen (secondary N) is 2. The van der Waals surface area contributed by atoms with E-state index in [1.54, 1.807) is 0 Å². The Morgan fingerprint density at radius 2 is 2.24 bits per heavy atom. The first-order chi connectivity index (χ1) is 8.31. The summed E-state index contributed by atoms with van der Waals surface area (Å²) in [6.45, 7) is 4.25. The van der Waals surface area contributed by atoms with Gasteiger partial charge in [-0.15, -0.1) is 0 Å². The van der Waals surface area contributed by atoms with E-state index in [9.17, 15) is 0 Å². The summed E-state index contributed by atoms with van der Waals surface area (Å²) < 4.78 is 0. The van der Waals surface area contributed by atoms with Crippen LogP contribution in [-0.4, -0.2) is 23.2 Å². The summed E-state index contributed by atoms with van der Waals surface area (Å²) in [4.78, 5) is 3.22. The molecule has 3 nitrogen and oxygen atoms in total. The zero-order chi connectivity index (χ0) is 12.1. The molecule has 0 saturated heterocycles. The maximum atomic E-state index is 8.83. The number of aliphatic hydroxyl groups excluding tert-OH is 1. The number of aliphatic hydroxyl groups is 1. The number of rotatable bonds is 6. The maximum absolute atomic E-state index is 8.83. The van der Waals surface area contributed by atoms with E-state index in [0.717, 1.165) is 19.5 Å². The van der Waals surface area contributed by atoms with Gasteiger partial charge >= 0.3 is 0 Å². The SMILES string of the molecule is CC(CCO)CNCc1cccc2[nH]ccc12. The van der Waals surface area contributed by atoms with Crippen LogP contribution in [0.5, 0.6) is 0 Å². The molecule has 0 aliphatic heterocycles. The highest BCUT2D eigenvalue weighted by Crippen LogP contribution is 2.17. The Kier molecular flexibility index (Phi) is 4.18. The van der Waals surface area contributed by atoms with E-state index in [4.69, 9.17) is 5.11 Å². The fourth-order valence-electron chi connectivity index (χ4n) is 2.08. The standard InChI is InChI=1S/C14H20N2O/c1-11(6-8-17)9-15-10-12-3-2-4-14-13(12)5-7-16-14/h2-5,7,11,15-17H,6,8-10H2,1H3. The molecule has 0 aliphatic carbocycles. The van der Waals surface area contributed by atoms with E-state index in [1.165, 1.54) is 16.5 Å². The van der Waals surface area contributed by atoms with Crippen molar-refractivity contribution in [3.63, 3.8) is 0 Å². The highest BCUT2D eigenvalue weighted by molar-refractivity contribution is 5.82. The lowest BCUT2D eigenvalue weighted by molar-refractivity contribution is 0.260. The zero-order valence-electron chi connectivity index (χ0n) is 10.2. The molecule has 1 aromatic carbocycles. The van der Waals surface area contributed by atoms with Crippen molar-refractivity contribution in [3.05, 3.63) is 36.0 Å². The van der Waals surface area contributed by atoms with Crippen LogP contribution < -0.4 is 5.32 Å². The van der Waals surface area contributed by atoms with Gasteiger partial charge in [0.2, 0.25) is 0 Å². The highest BCUT2D eigenvalue weighted by Gasteiger charge is 2.03. The van der Waals surface area contributed by atoms with Crippen LogP contribution in [0.1, 0.15) is 18.9 Å². The minimum absolute atomic E-state index is 0.274. The van der Waals surface area contributed by atoms with Crippen LogP contribution in [0.15, 0.2) is 30.5 Å². The molecule has 3 heteroatoms. The molecule has 1 heterocycles. The average molecular weight is 232 g/mol. The monoisotopic (exact) mass is 232 g/mol. The minimum Gasteiger partial charge on any atom is -0.396 e. The number of hydrogen-bond acceptors (Lipinski definition) is 2. The summed E-state index contributed by atoms with van der Waals surface area (Å²) >= 11 is 0. The Balaban J connectivity index is 1.92. The molecule has 3 N–H and O–H groups in total. The van der Waals surface area contributed by atoms with Crippen LogP contribution in [0, 0.1) is 5.92 Å². The van der Waals surface area contributed by atoms with Crippen LogP contribution in [0.2, 0.25) is 0 Å². The smallest absolute Gasteiger partial charge is 0.0457 e. The summed E-state index contributed by atoms with van der Waals surface area (Å²) in [5, 5.41) is 13.6. The van der Waals surface area contributed by atoms with Crippen molar-refractivity contribution in [1.29, 1.82) is 0 Å². The van der Waals surface area contributed by atoms with Gasteiger partial charge in [-0.2, -0.15) is 0 Å². The van der Waals surface area contributed by atoms with Gasteiger partial charge in [-0.25, -0.2) is 0 Å². The maximum Gasteiger partial charge on any atom is 0.0457 e. The second-order valence-electron chi connectivity index (χ2n) is 4.60. The van der Waals surface area contributed by atoms with Crippen LogP contribution in [0.25, 0.3) is 10.9 Å². The molecule has 0 spiro atoms. The number of benzene rings is 1. The molecule has 2 rings (SSSR count). The second kappa shape index (κ2) is 5.84. The molecule has 0 amide bonds. The van der Waals surface area contributed by atoms with Gasteiger partial charge in [0.05, 0.1) is 0 Å². The molecule has 1 unspecified atom stereocenters. The lowest BCUT2D eigenvalue weighted by Crippen LogP contribution is -2.21. The molecule has 0 radical (unpaired) electrons. The Labute approximate surface area is 102 Å². The lowest BCUT2D eigenvalue weighted by Gasteiger charge is -2.11. The molecule has 92 valence electrons. The van der Waals surface area contributed by atoms with Crippen LogP contribution in [0.3, 0.4) is 0 Å². The van der Waals surface area contributed by atoms with E-state index >= 15 is 0 Å². The molecule has 1 aromatic heterocycles. The summed E-state index contributed by atoms with van der Waals surface area (Å²) in [6.07, 6.45) is 2.84. The van der Waals surface area contributed by atoms with Crippen LogP contribution in [0.4, 0.5) is 0 Å². The van der Waals surface area contributed by atoms with Gasteiger partial charge < -0.3 is 15.4 Å². The number of H-pyrrole nitrogens is 1. The molecule has 2 aromatic rings. The van der Waals surface area contributed by atoms with Gasteiger partial charge in [0.1, 0.15) is 0 Å². The van der Waals surface area contributed by atoms with Crippen molar-refractivity contribution in [3.8, 4) is 0 Å². The van der Waals surface area contributed by atoms with Crippen molar-refractivity contribution in [2.75, 3.05) is 13.2 Å². The third kappa shape index (κ3) is 3.08. The van der Waals surface area contributed by atoms with Crippen molar-refractivity contribution in [1.82, 2.24) is 10.3 Å². The molecule has 0 bridgehead atoms. The zero-order valence-corrected chi connectivity index (χ0v) is 10.2.